The molecule has 0 spiro atoms. The summed E-state index contributed by atoms with van der Waals surface area (Å²) in [6.45, 7) is 2.33. The zero-order chi connectivity index (χ0) is 19.2. The molecule has 1 aliphatic heterocycles. The third-order valence-electron chi connectivity index (χ3n) is 4.97. The highest BCUT2D eigenvalue weighted by atomic mass is 32.2. The molecule has 146 valence electrons. The molecule has 1 aliphatic rings. The van der Waals surface area contributed by atoms with E-state index in [4.69, 9.17) is 4.74 Å². The summed E-state index contributed by atoms with van der Waals surface area (Å²) in [5, 5.41) is 3.06. The van der Waals surface area contributed by atoms with Crippen molar-refractivity contribution in [2.45, 2.75) is 36.8 Å². The minimum Gasteiger partial charge on any atom is -0.377 e. The van der Waals surface area contributed by atoms with Gasteiger partial charge in [0.1, 0.15) is 0 Å². The molecule has 1 atom stereocenters. The van der Waals surface area contributed by atoms with Crippen molar-refractivity contribution in [3.05, 3.63) is 60.4 Å². The Morgan fingerprint density at radius 3 is 2.96 bits per heavy atom. The van der Waals surface area contributed by atoms with Crippen LogP contribution in [-0.4, -0.2) is 40.5 Å². The van der Waals surface area contributed by atoms with E-state index in [0.717, 1.165) is 59.7 Å². The van der Waals surface area contributed by atoms with E-state index in [0.29, 0.717) is 12.6 Å². The van der Waals surface area contributed by atoms with Gasteiger partial charge in [-0.15, -0.1) is 11.8 Å². The molecule has 3 aromatic rings. The van der Waals surface area contributed by atoms with E-state index < -0.39 is 0 Å². The highest BCUT2D eigenvalue weighted by Crippen LogP contribution is 2.26. The predicted octanol–water partition coefficient (Wildman–Crippen LogP) is 4.13. The molecule has 1 saturated heterocycles. The molecule has 1 N–H and O–H groups in total. The molecule has 0 bridgehead atoms. The average molecular weight is 396 g/mol. The molecule has 6 heteroatoms. The Morgan fingerprint density at radius 2 is 2.07 bits per heavy atom. The number of hydrogen-bond acceptors (Lipinski definition) is 4. The van der Waals surface area contributed by atoms with Gasteiger partial charge in [0.15, 0.2) is 0 Å². The lowest BCUT2D eigenvalue weighted by atomic mass is 10.2. The van der Waals surface area contributed by atoms with Crippen molar-refractivity contribution in [2.24, 2.45) is 0 Å². The molecule has 1 fully saturated rings. The molecule has 2 heterocycles. The molecule has 2 aromatic carbocycles. The maximum Gasteiger partial charge on any atom is 0.252 e. The third-order valence-corrected chi connectivity index (χ3v) is 6.17. The molecule has 1 aromatic heterocycles. The first-order valence-electron chi connectivity index (χ1n) is 9.83. The van der Waals surface area contributed by atoms with Gasteiger partial charge in [-0.05, 0) is 43.5 Å². The number of aryl methyl sites for hydroxylation is 1. The van der Waals surface area contributed by atoms with Gasteiger partial charge >= 0.3 is 0 Å². The topological polar surface area (TPSA) is 56.2 Å². The lowest BCUT2D eigenvalue weighted by Gasteiger charge is -2.12. The Kier molecular flexibility index (Phi) is 6.29. The first kappa shape index (κ1) is 19.0. The number of carbonyl (C=O) groups is 1. The van der Waals surface area contributed by atoms with Gasteiger partial charge in [0.25, 0.3) is 5.91 Å². The fourth-order valence-corrected chi connectivity index (χ4v) is 4.59. The van der Waals surface area contributed by atoms with Gasteiger partial charge in [-0.1, -0.05) is 24.3 Å². The van der Waals surface area contributed by atoms with Crippen molar-refractivity contribution in [2.75, 3.05) is 18.9 Å². The number of thioether (sulfide) groups is 1. The number of fused-ring (bicyclic) bond motifs is 1. The van der Waals surface area contributed by atoms with Gasteiger partial charge in [-0.2, -0.15) is 0 Å². The Balaban J connectivity index is 1.29. The fraction of sp³-hybridized carbons (Fsp3) is 0.364. The van der Waals surface area contributed by atoms with E-state index in [2.05, 4.69) is 20.9 Å². The van der Waals surface area contributed by atoms with Gasteiger partial charge < -0.3 is 14.6 Å². The van der Waals surface area contributed by atoms with Crippen LogP contribution in [-0.2, 0) is 11.3 Å². The average Bonchev–Trinajstić information content (AvgIpc) is 3.40. The number of nitrogens with zero attached hydrogens (tertiary/aromatic N) is 2. The summed E-state index contributed by atoms with van der Waals surface area (Å²) >= 11 is 1.71. The van der Waals surface area contributed by atoms with Gasteiger partial charge in [0.2, 0.25) is 0 Å². The fourth-order valence-electron chi connectivity index (χ4n) is 3.47. The minimum atomic E-state index is -0.00840. The summed E-state index contributed by atoms with van der Waals surface area (Å²) in [6.07, 6.45) is 5.29. The molecule has 28 heavy (non-hydrogen) atoms. The Labute approximate surface area is 169 Å². The van der Waals surface area contributed by atoms with Crippen molar-refractivity contribution >= 4 is 28.7 Å². The smallest absolute Gasteiger partial charge is 0.252 e. The van der Waals surface area contributed by atoms with Crippen molar-refractivity contribution in [1.82, 2.24) is 14.9 Å². The number of aromatic nitrogens is 2. The van der Waals surface area contributed by atoms with Gasteiger partial charge in [0, 0.05) is 30.3 Å². The molecule has 0 aliphatic carbocycles. The van der Waals surface area contributed by atoms with Crippen LogP contribution in [0.4, 0.5) is 0 Å². The van der Waals surface area contributed by atoms with Crippen LogP contribution < -0.4 is 5.32 Å². The van der Waals surface area contributed by atoms with Crippen molar-refractivity contribution in [3.8, 4) is 0 Å². The number of nitrogens with one attached hydrogen (secondary N) is 1. The molecule has 0 radical (unpaired) electrons. The minimum absolute atomic E-state index is 0.00840. The van der Waals surface area contributed by atoms with Crippen LogP contribution in [0.3, 0.4) is 0 Å². The zero-order valence-electron chi connectivity index (χ0n) is 15.8. The largest absolute Gasteiger partial charge is 0.377 e. The molecule has 0 saturated carbocycles. The van der Waals surface area contributed by atoms with Gasteiger partial charge in [0.05, 0.1) is 29.0 Å². The summed E-state index contributed by atoms with van der Waals surface area (Å²) < 4.78 is 7.82. The van der Waals surface area contributed by atoms with E-state index in [-0.39, 0.29) is 5.91 Å². The Hall–Kier alpha value is -2.31. The first-order chi connectivity index (χ1) is 13.8. The van der Waals surface area contributed by atoms with Gasteiger partial charge in [-0.3, -0.25) is 4.79 Å². The maximum absolute atomic E-state index is 12.7. The SMILES string of the molecule is O=C(NCCCn1cnc2ccccc21)c1ccccc1SCC1CCCO1. The Morgan fingerprint density at radius 1 is 1.21 bits per heavy atom. The maximum atomic E-state index is 12.7. The Bertz CT molecular complexity index is 934. The van der Waals surface area contributed by atoms with Crippen LogP contribution in [0.1, 0.15) is 29.6 Å². The summed E-state index contributed by atoms with van der Waals surface area (Å²) in [5.74, 6) is 0.892. The highest BCUT2D eigenvalue weighted by molar-refractivity contribution is 7.99. The monoisotopic (exact) mass is 395 g/mol. The molecular formula is C22H25N3O2S. The van der Waals surface area contributed by atoms with Crippen molar-refractivity contribution in [1.29, 1.82) is 0 Å². The number of hydrogen-bond donors (Lipinski definition) is 1. The molecule has 5 nitrogen and oxygen atoms in total. The van der Waals surface area contributed by atoms with E-state index in [1.807, 2.05) is 48.8 Å². The van der Waals surface area contributed by atoms with Crippen molar-refractivity contribution in [3.63, 3.8) is 0 Å². The van der Waals surface area contributed by atoms with Crippen LogP contribution in [0.15, 0.2) is 59.8 Å². The van der Waals surface area contributed by atoms with Gasteiger partial charge in [-0.25, -0.2) is 4.98 Å². The second kappa shape index (κ2) is 9.26. The third kappa shape index (κ3) is 4.56. The molecular weight excluding hydrogens is 370 g/mol. The summed E-state index contributed by atoms with van der Waals surface area (Å²) in [4.78, 5) is 18.1. The van der Waals surface area contributed by atoms with E-state index in [1.165, 1.54) is 0 Å². The lowest BCUT2D eigenvalue weighted by Crippen LogP contribution is -2.25. The van der Waals surface area contributed by atoms with Crippen LogP contribution in [0, 0.1) is 0 Å². The lowest BCUT2D eigenvalue weighted by molar-refractivity contribution is 0.0949. The number of rotatable bonds is 8. The quantitative estimate of drug-likeness (QED) is 0.460. The van der Waals surface area contributed by atoms with Crippen LogP contribution in [0.2, 0.25) is 0 Å². The van der Waals surface area contributed by atoms with E-state index in [1.54, 1.807) is 11.8 Å². The number of imidazole rings is 1. The first-order valence-corrected chi connectivity index (χ1v) is 10.8. The normalized spacial score (nSPS) is 16.5. The highest BCUT2D eigenvalue weighted by Gasteiger charge is 2.17. The number of carbonyl (C=O) groups excluding carboxylic acids is 1. The van der Waals surface area contributed by atoms with Crippen LogP contribution in [0.5, 0.6) is 0 Å². The zero-order valence-corrected chi connectivity index (χ0v) is 16.7. The number of para-hydroxylation sites is 2. The number of benzene rings is 2. The summed E-state index contributed by atoms with van der Waals surface area (Å²) in [7, 11) is 0. The second-order valence-corrected chi connectivity index (χ2v) is 8.04. The van der Waals surface area contributed by atoms with Crippen LogP contribution in [0.25, 0.3) is 11.0 Å². The molecule has 4 rings (SSSR count). The van der Waals surface area contributed by atoms with Crippen molar-refractivity contribution < 1.29 is 9.53 Å². The van der Waals surface area contributed by atoms with E-state index >= 15 is 0 Å². The summed E-state index contributed by atoms with van der Waals surface area (Å²) in [5.41, 5.74) is 2.88. The molecule has 1 unspecified atom stereocenters. The van der Waals surface area contributed by atoms with E-state index in [9.17, 15) is 4.79 Å². The number of ether oxygens (including phenoxy) is 1. The van der Waals surface area contributed by atoms with Crippen LogP contribution >= 0.6 is 11.8 Å². The standard InChI is InChI=1S/C22H25N3O2S/c26-22(18-8-1-4-11-21(18)28-15-17-7-5-14-27-17)23-12-6-13-25-16-24-19-9-2-3-10-20(19)25/h1-4,8-11,16-17H,5-7,12-15H2,(H,23,26). The summed E-state index contributed by atoms with van der Waals surface area (Å²) in [6, 6.07) is 15.9. The predicted molar refractivity (Wildman–Crippen MR) is 113 cm³/mol. The molecule has 1 amide bonds. The number of amides is 1. The second-order valence-electron chi connectivity index (χ2n) is 6.98.